The zero-order valence-electron chi connectivity index (χ0n) is 22.3. The Balaban J connectivity index is 1.46. The Kier molecular flexibility index (Phi) is 8.16. The minimum Gasteiger partial charge on any atom is -0.493 e. The second-order valence-corrected chi connectivity index (χ2v) is 9.64. The third-order valence-electron chi connectivity index (χ3n) is 7.38. The van der Waals surface area contributed by atoms with Gasteiger partial charge in [0.2, 0.25) is 0 Å². The summed E-state index contributed by atoms with van der Waals surface area (Å²) in [7, 11) is 3.00. The summed E-state index contributed by atoms with van der Waals surface area (Å²) in [5.41, 5.74) is 2.00. The largest absolute Gasteiger partial charge is 0.493 e. The number of ether oxygens (including phenoxy) is 4. The SMILES string of the molecule is COc1ccc([C@H](O)[C@H]2C(=O)O[C@@H](COC(c3ccccc3)(c3ccccc3)c3ccccc3)[C@@H]2O)cc1OC. The summed E-state index contributed by atoms with van der Waals surface area (Å²) in [6.07, 6.45) is -3.63. The number of hydrogen-bond acceptors (Lipinski definition) is 7. The Hall–Kier alpha value is -4.17. The quantitative estimate of drug-likeness (QED) is 0.223. The fourth-order valence-electron chi connectivity index (χ4n) is 5.34. The van der Waals surface area contributed by atoms with Crippen LogP contribution in [0.25, 0.3) is 0 Å². The maximum absolute atomic E-state index is 13.0. The van der Waals surface area contributed by atoms with Crippen LogP contribution in [0.4, 0.5) is 0 Å². The van der Waals surface area contributed by atoms with Gasteiger partial charge in [0.25, 0.3) is 0 Å². The average molecular weight is 541 g/mol. The summed E-state index contributed by atoms with van der Waals surface area (Å²) in [5, 5.41) is 22.4. The van der Waals surface area contributed by atoms with Crippen LogP contribution in [0.2, 0.25) is 0 Å². The predicted molar refractivity (Wildman–Crippen MR) is 149 cm³/mol. The summed E-state index contributed by atoms with van der Waals surface area (Å²) >= 11 is 0. The van der Waals surface area contributed by atoms with Crippen molar-refractivity contribution in [3.05, 3.63) is 131 Å². The number of aliphatic hydroxyl groups excluding tert-OH is 2. The molecule has 4 aromatic rings. The van der Waals surface area contributed by atoms with Gasteiger partial charge in [0, 0.05) is 0 Å². The summed E-state index contributed by atoms with van der Waals surface area (Å²) < 4.78 is 22.9. The van der Waals surface area contributed by atoms with E-state index in [-0.39, 0.29) is 6.61 Å². The molecule has 1 fully saturated rings. The van der Waals surface area contributed by atoms with Crippen molar-refractivity contribution in [1.29, 1.82) is 0 Å². The van der Waals surface area contributed by atoms with Gasteiger partial charge >= 0.3 is 5.97 Å². The molecule has 2 N–H and O–H groups in total. The normalized spacial score (nSPS) is 19.6. The second kappa shape index (κ2) is 11.9. The molecule has 7 heteroatoms. The van der Waals surface area contributed by atoms with Gasteiger partial charge in [-0.3, -0.25) is 4.79 Å². The zero-order chi connectivity index (χ0) is 28.1. The number of carbonyl (C=O) groups is 1. The summed E-state index contributed by atoms with van der Waals surface area (Å²) in [4.78, 5) is 13.0. The zero-order valence-corrected chi connectivity index (χ0v) is 22.3. The molecule has 0 unspecified atom stereocenters. The fraction of sp³-hybridized carbons (Fsp3) is 0.242. The molecule has 0 amide bonds. The van der Waals surface area contributed by atoms with E-state index >= 15 is 0 Å². The van der Waals surface area contributed by atoms with E-state index in [0.29, 0.717) is 17.1 Å². The summed E-state index contributed by atoms with van der Waals surface area (Å²) in [6, 6.07) is 34.2. The highest BCUT2D eigenvalue weighted by Gasteiger charge is 2.49. The number of carbonyl (C=O) groups excluding carboxylic acids is 1. The van der Waals surface area contributed by atoms with Crippen LogP contribution in [0.1, 0.15) is 28.4 Å². The molecule has 0 aromatic heterocycles. The van der Waals surface area contributed by atoms with Crippen molar-refractivity contribution in [2.75, 3.05) is 20.8 Å². The molecule has 0 aliphatic carbocycles. The van der Waals surface area contributed by atoms with E-state index in [9.17, 15) is 15.0 Å². The Labute approximate surface area is 233 Å². The first kappa shape index (κ1) is 27.4. The molecule has 0 saturated carbocycles. The highest BCUT2D eigenvalue weighted by atomic mass is 16.6. The molecular weight excluding hydrogens is 508 g/mol. The fourth-order valence-corrected chi connectivity index (χ4v) is 5.34. The molecule has 0 bridgehead atoms. The van der Waals surface area contributed by atoms with E-state index in [2.05, 4.69) is 0 Å². The van der Waals surface area contributed by atoms with Crippen LogP contribution in [0.3, 0.4) is 0 Å². The molecule has 1 heterocycles. The molecule has 1 aliphatic heterocycles. The van der Waals surface area contributed by atoms with Gasteiger partial charge in [-0.15, -0.1) is 0 Å². The first-order valence-electron chi connectivity index (χ1n) is 13.1. The third-order valence-corrected chi connectivity index (χ3v) is 7.38. The van der Waals surface area contributed by atoms with Crippen LogP contribution in [-0.2, 0) is 19.9 Å². The summed E-state index contributed by atoms with van der Waals surface area (Å²) in [6.45, 7) is -0.110. The minimum atomic E-state index is -1.32. The second-order valence-electron chi connectivity index (χ2n) is 9.64. The van der Waals surface area contributed by atoms with Gasteiger partial charge in [0.05, 0.1) is 26.9 Å². The molecule has 206 valence electrons. The van der Waals surface area contributed by atoms with Crippen molar-refractivity contribution < 1.29 is 34.0 Å². The first-order chi connectivity index (χ1) is 19.5. The van der Waals surface area contributed by atoms with E-state index in [4.69, 9.17) is 18.9 Å². The number of cyclic esters (lactones) is 1. The van der Waals surface area contributed by atoms with Gasteiger partial charge in [0.1, 0.15) is 17.6 Å². The predicted octanol–water partition coefficient (Wildman–Crippen LogP) is 4.65. The van der Waals surface area contributed by atoms with Crippen molar-refractivity contribution in [3.8, 4) is 11.5 Å². The van der Waals surface area contributed by atoms with Crippen molar-refractivity contribution >= 4 is 5.97 Å². The number of benzene rings is 4. The number of methoxy groups -OCH3 is 2. The molecular formula is C33H32O7. The van der Waals surface area contributed by atoms with Crippen LogP contribution in [0.15, 0.2) is 109 Å². The highest BCUT2D eigenvalue weighted by Crippen LogP contribution is 2.42. The van der Waals surface area contributed by atoms with E-state index in [0.717, 1.165) is 16.7 Å². The smallest absolute Gasteiger partial charge is 0.315 e. The van der Waals surface area contributed by atoms with Crippen LogP contribution in [0, 0.1) is 5.92 Å². The maximum Gasteiger partial charge on any atom is 0.315 e. The van der Waals surface area contributed by atoms with E-state index in [1.54, 1.807) is 18.2 Å². The lowest BCUT2D eigenvalue weighted by molar-refractivity contribution is -0.150. The van der Waals surface area contributed by atoms with Crippen LogP contribution in [-0.4, -0.2) is 49.2 Å². The molecule has 40 heavy (non-hydrogen) atoms. The van der Waals surface area contributed by atoms with Crippen molar-refractivity contribution in [1.82, 2.24) is 0 Å². The van der Waals surface area contributed by atoms with Gasteiger partial charge < -0.3 is 29.2 Å². The van der Waals surface area contributed by atoms with Crippen molar-refractivity contribution in [2.24, 2.45) is 5.92 Å². The minimum absolute atomic E-state index is 0.110. The molecule has 5 rings (SSSR count). The molecule has 1 aliphatic rings. The lowest BCUT2D eigenvalue weighted by atomic mass is 9.80. The standard InChI is InChI=1S/C33H32O7/c1-37-26-19-18-22(20-27(26)38-2)30(34)29-31(35)28(40-32(29)36)21-39-33(23-12-6-3-7-13-23,24-14-8-4-9-15-24)25-16-10-5-11-17-25/h3-20,28-31,34-35H,21H2,1-2H3/t28-,29+,30-,31-/m0/s1. The highest BCUT2D eigenvalue weighted by molar-refractivity contribution is 5.77. The van der Waals surface area contributed by atoms with Gasteiger partial charge in [0.15, 0.2) is 17.6 Å². The Bertz CT molecular complexity index is 1310. The molecule has 4 aromatic carbocycles. The topological polar surface area (TPSA) is 94.5 Å². The lowest BCUT2D eigenvalue weighted by Gasteiger charge is -2.36. The van der Waals surface area contributed by atoms with E-state index in [1.165, 1.54) is 14.2 Å². The number of esters is 1. The number of hydrogen-bond donors (Lipinski definition) is 2. The monoisotopic (exact) mass is 540 g/mol. The van der Waals surface area contributed by atoms with Gasteiger partial charge in [-0.2, -0.15) is 0 Å². The van der Waals surface area contributed by atoms with Crippen LogP contribution >= 0.6 is 0 Å². The Morgan fingerprint density at radius 2 is 1.27 bits per heavy atom. The molecule has 1 saturated heterocycles. The van der Waals surface area contributed by atoms with Crippen molar-refractivity contribution in [3.63, 3.8) is 0 Å². The van der Waals surface area contributed by atoms with Gasteiger partial charge in [-0.1, -0.05) is 97.1 Å². The van der Waals surface area contributed by atoms with E-state index in [1.807, 2.05) is 91.0 Å². The van der Waals surface area contributed by atoms with Gasteiger partial charge in [-0.05, 0) is 34.4 Å². The number of rotatable bonds is 10. The van der Waals surface area contributed by atoms with E-state index < -0.39 is 35.8 Å². The Morgan fingerprint density at radius 3 is 1.75 bits per heavy atom. The summed E-state index contributed by atoms with van der Waals surface area (Å²) in [5.74, 6) is -1.02. The lowest BCUT2D eigenvalue weighted by Crippen LogP contribution is -2.39. The average Bonchev–Trinajstić information content (AvgIpc) is 3.30. The Morgan fingerprint density at radius 1 is 0.775 bits per heavy atom. The maximum atomic E-state index is 13.0. The van der Waals surface area contributed by atoms with Crippen LogP contribution in [0.5, 0.6) is 11.5 Å². The molecule has 4 atom stereocenters. The third kappa shape index (κ3) is 5.07. The first-order valence-corrected chi connectivity index (χ1v) is 13.1. The van der Waals surface area contributed by atoms with Gasteiger partial charge in [-0.25, -0.2) is 0 Å². The molecule has 0 radical (unpaired) electrons. The molecule has 0 spiro atoms. The molecule has 7 nitrogen and oxygen atoms in total. The van der Waals surface area contributed by atoms with Crippen LogP contribution < -0.4 is 9.47 Å². The van der Waals surface area contributed by atoms with Crippen molar-refractivity contribution in [2.45, 2.75) is 23.9 Å². The number of aliphatic hydroxyl groups is 2.